The zero-order chi connectivity index (χ0) is 25.6. The van der Waals surface area contributed by atoms with Gasteiger partial charge in [-0.3, -0.25) is 4.79 Å². The highest BCUT2D eigenvalue weighted by Crippen LogP contribution is 2.36. The van der Waals surface area contributed by atoms with Gasteiger partial charge < -0.3 is 20.7 Å². The van der Waals surface area contributed by atoms with E-state index in [2.05, 4.69) is 47.8 Å². The molecule has 0 fully saturated rings. The number of halogens is 5. The molecule has 0 spiro atoms. The number of ether oxygens (including phenoxy) is 1. The molecule has 3 aromatic carbocycles. The predicted octanol–water partition coefficient (Wildman–Crippen LogP) is 7.15. The maximum atomic E-state index is 13.5. The van der Waals surface area contributed by atoms with Crippen LogP contribution in [-0.2, 0) is 4.79 Å². The van der Waals surface area contributed by atoms with Crippen LogP contribution in [0.5, 0.6) is 5.75 Å². The van der Waals surface area contributed by atoms with Crippen molar-refractivity contribution in [3.63, 3.8) is 0 Å². The van der Waals surface area contributed by atoms with Gasteiger partial charge in [0.05, 0.1) is 18.7 Å². The molecule has 1 unspecified atom stereocenters. The minimum absolute atomic E-state index is 0.129. The Bertz CT molecular complexity index is 1120. The number of benzene rings is 3. The zero-order valence-corrected chi connectivity index (χ0v) is 24.5. The number of anilines is 1. The van der Waals surface area contributed by atoms with Crippen LogP contribution >= 0.6 is 78.9 Å². The van der Waals surface area contributed by atoms with Crippen LogP contribution in [0.15, 0.2) is 81.7 Å². The Morgan fingerprint density at radius 1 is 0.914 bits per heavy atom. The Morgan fingerprint density at radius 2 is 1.40 bits per heavy atom. The van der Waals surface area contributed by atoms with Crippen molar-refractivity contribution in [3.05, 3.63) is 92.9 Å². The van der Waals surface area contributed by atoms with Gasteiger partial charge in [0.2, 0.25) is 9.70 Å². The Morgan fingerprint density at radius 3 is 1.83 bits per heavy atom. The van der Waals surface area contributed by atoms with Crippen molar-refractivity contribution >= 4 is 95.6 Å². The summed E-state index contributed by atoms with van der Waals surface area (Å²) in [6.07, 6.45) is -1.13. The SMILES string of the molecule is COc1cc(Br)c(NC(=S)NC(NC(=O)C(c2ccccc2)c2ccccc2)C(Cl)(Cl)Cl)c(Br)c1. The molecule has 0 aromatic heterocycles. The number of carbonyl (C=O) groups is 1. The van der Waals surface area contributed by atoms with E-state index in [9.17, 15) is 4.79 Å². The second-order valence-corrected chi connectivity index (χ2v) is 11.8. The van der Waals surface area contributed by atoms with Crippen LogP contribution in [0, 0.1) is 0 Å². The van der Waals surface area contributed by atoms with Gasteiger partial charge in [0.1, 0.15) is 11.9 Å². The third kappa shape index (κ3) is 7.71. The largest absolute Gasteiger partial charge is 0.497 e. The Balaban J connectivity index is 1.82. The highest BCUT2D eigenvalue weighted by atomic mass is 79.9. The first kappa shape index (κ1) is 28.0. The van der Waals surface area contributed by atoms with Gasteiger partial charge >= 0.3 is 0 Å². The van der Waals surface area contributed by atoms with E-state index in [4.69, 9.17) is 51.8 Å². The normalized spacial score (nSPS) is 12.1. The summed E-state index contributed by atoms with van der Waals surface area (Å²) in [6, 6.07) is 22.3. The third-order valence-electron chi connectivity index (χ3n) is 4.91. The average molecular weight is 681 g/mol. The van der Waals surface area contributed by atoms with Crippen LogP contribution in [0.4, 0.5) is 5.69 Å². The quantitative estimate of drug-likeness (QED) is 0.141. The van der Waals surface area contributed by atoms with E-state index >= 15 is 0 Å². The molecule has 3 N–H and O–H groups in total. The second-order valence-electron chi connectivity index (χ2n) is 7.30. The molecule has 0 heterocycles. The molecule has 184 valence electrons. The fourth-order valence-corrected chi connectivity index (χ4v) is 5.17. The van der Waals surface area contributed by atoms with Crippen LogP contribution in [0.25, 0.3) is 0 Å². The molecular weight excluding hydrogens is 661 g/mol. The number of thiocarbonyl (C=S) groups is 1. The first-order valence-electron chi connectivity index (χ1n) is 10.2. The van der Waals surface area contributed by atoms with Gasteiger partial charge in [-0.15, -0.1) is 0 Å². The number of alkyl halides is 3. The van der Waals surface area contributed by atoms with Gasteiger partial charge in [0, 0.05) is 8.95 Å². The van der Waals surface area contributed by atoms with Crippen molar-refractivity contribution in [1.82, 2.24) is 10.6 Å². The fraction of sp³-hybridized carbons (Fsp3) is 0.167. The number of amides is 1. The Labute approximate surface area is 241 Å². The number of methoxy groups -OCH3 is 1. The van der Waals surface area contributed by atoms with Crippen molar-refractivity contribution in [2.24, 2.45) is 0 Å². The van der Waals surface area contributed by atoms with Gasteiger partial charge in [-0.25, -0.2) is 0 Å². The average Bonchev–Trinajstić information content (AvgIpc) is 2.82. The molecule has 0 aliphatic rings. The first-order valence-corrected chi connectivity index (χ1v) is 13.3. The number of rotatable bonds is 7. The Kier molecular flexibility index (Phi) is 10.1. The van der Waals surface area contributed by atoms with Crippen molar-refractivity contribution in [2.75, 3.05) is 12.4 Å². The van der Waals surface area contributed by atoms with E-state index in [1.54, 1.807) is 19.2 Å². The van der Waals surface area contributed by atoms with E-state index in [1.165, 1.54) is 0 Å². The molecule has 11 heteroatoms. The van der Waals surface area contributed by atoms with E-state index in [-0.39, 0.29) is 11.0 Å². The zero-order valence-electron chi connectivity index (χ0n) is 18.2. The minimum atomic E-state index is -1.91. The highest BCUT2D eigenvalue weighted by molar-refractivity contribution is 9.11. The van der Waals surface area contributed by atoms with Crippen molar-refractivity contribution in [3.8, 4) is 5.75 Å². The van der Waals surface area contributed by atoms with Gasteiger partial charge in [-0.1, -0.05) is 95.5 Å². The maximum Gasteiger partial charge on any atom is 0.233 e. The minimum Gasteiger partial charge on any atom is -0.497 e. The lowest BCUT2D eigenvalue weighted by Gasteiger charge is -2.30. The molecule has 0 saturated carbocycles. The molecule has 0 aliphatic carbocycles. The molecule has 5 nitrogen and oxygen atoms in total. The van der Waals surface area contributed by atoms with Crippen LogP contribution < -0.4 is 20.7 Å². The lowest BCUT2D eigenvalue weighted by Crippen LogP contribution is -2.57. The van der Waals surface area contributed by atoms with Gasteiger partial charge in [-0.2, -0.15) is 0 Å². The number of nitrogens with one attached hydrogen (secondary N) is 3. The second kappa shape index (κ2) is 12.6. The topological polar surface area (TPSA) is 62.4 Å². The maximum absolute atomic E-state index is 13.5. The van der Waals surface area contributed by atoms with Crippen LogP contribution in [0.3, 0.4) is 0 Å². The molecule has 3 rings (SSSR count). The molecule has 1 amide bonds. The molecule has 3 aromatic rings. The van der Waals surface area contributed by atoms with Gasteiger partial charge in [-0.05, 0) is 67.3 Å². The summed E-state index contributed by atoms with van der Waals surface area (Å²) in [5, 5.41) is 8.87. The van der Waals surface area contributed by atoms with Crippen LogP contribution in [0.1, 0.15) is 17.0 Å². The summed E-state index contributed by atoms with van der Waals surface area (Å²) in [5.74, 6) is -0.339. The molecular formula is C24H20Br2Cl3N3O2S. The monoisotopic (exact) mass is 677 g/mol. The summed E-state index contributed by atoms with van der Waals surface area (Å²) in [7, 11) is 1.57. The van der Waals surface area contributed by atoms with E-state index < -0.39 is 15.9 Å². The predicted molar refractivity (Wildman–Crippen MR) is 155 cm³/mol. The molecule has 0 aliphatic heterocycles. The number of carbonyl (C=O) groups excluding carboxylic acids is 1. The molecule has 1 atom stereocenters. The summed E-state index contributed by atoms with van der Waals surface area (Å²) >= 11 is 31.1. The number of hydrogen-bond donors (Lipinski definition) is 3. The highest BCUT2D eigenvalue weighted by Gasteiger charge is 2.37. The van der Waals surface area contributed by atoms with E-state index in [0.717, 1.165) is 11.1 Å². The lowest BCUT2D eigenvalue weighted by atomic mass is 9.90. The first-order chi connectivity index (χ1) is 16.6. The van der Waals surface area contributed by atoms with Gasteiger partial charge in [0.25, 0.3) is 0 Å². The Hall–Kier alpha value is -1.55. The van der Waals surface area contributed by atoms with Crippen LogP contribution in [0.2, 0.25) is 0 Å². The number of hydrogen-bond acceptors (Lipinski definition) is 3. The summed E-state index contributed by atoms with van der Waals surface area (Å²) < 4.78 is 4.72. The standard InChI is InChI=1S/C24H20Br2Cl3N3O2S/c1-34-16-12-17(25)20(18(26)13-16)30-23(35)32-22(24(27,28)29)31-21(33)19(14-8-4-2-5-9-14)15-10-6-3-7-11-15/h2-13,19,22H,1H3,(H,31,33)(H2,30,32,35). The van der Waals surface area contributed by atoms with E-state index in [0.29, 0.717) is 20.4 Å². The fourth-order valence-electron chi connectivity index (χ4n) is 3.28. The third-order valence-corrected chi connectivity index (χ3v) is 7.03. The molecule has 35 heavy (non-hydrogen) atoms. The van der Waals surface area contributed by atoms with Gasteiger partial charge in [0.15, 0.2) is 5.11 Å². The van der Waals surface area contributed by atoms with Crippen LogP contribution in [-0.4, -0.2) is 28.1 Å². The summed E-state index contributed by atoms with van der Waals surface area (Å²) in [4.78, 5) is 13.5. The lowest BCUT2D eigenvalue weighted by molar-refractivity contribution is -0.122. The van der Waals surface area contributed by atoms with Crippen molar-refractivity contribution in [2.45, 2.75) is 15.9 Å². The van der Waals surface area contributed by atoms with E-state index in [1.807, 2.05) is 60.7 Å². The van der Waals surface area contributed by atoms with Crippen molar-refractivity contribution < 1.29 is 9.53 Å². The molecule has 0 radical (unpaired) electrons. The smallest absolute Gasteiger partial charge is 0.233 e. The molecule has 0 bridgehead atoms. The van der Waals surface area contributed by atoms with Crippen molar-refractivity contribution in [1.29, 1.82) is 0 Å². The summed E-state index contributed by atoms with van der Waals surface area (Å²) in [5.41, 5.74) is 2.22. The molecule has 0 saturated heterocycles. The summed E-state index contributed by atoms with van der Waals surface area (Å²) in [6.45, 7) is 0.